The molecule has 1 N–H and O–H groups in total. The number of hydrogen-bond donors (Lipinski definition) is 1. The molecule has 1 heterocycles. The first-order valence-corrected chi connectivity index (χ1v) is 4.49. The van der Waals surface area contributed by atoms with Crippen molar-refractivity contribution in [3.05, 3.63) is 12.2 Å². The van der Waals surface area contributed by atoms with Crippen LogP contribution in [0.25, 0.3) is 0 Å². The van der Waals surface area contributed by atoms with E-state index in [0.717, 1.165) is 17.1 Å². The molecule has 0 aromatic carbocycles. The summed E-state index contributed by atoms with van der Waals surface area (Å²) in [4.78, 5) is 22.1. The van der Waals surface area contributed by atoms with Crippen LogP contribution >= 0.6 is 0 Å². The summed E-state index contributed by atoms with van der Waals surface area (Å²) in [5.74, 6) is -0.622. The highest BCUT2D eigenvalue weighted by Gasteiger charge is 2.44. The second-order valence-corrected chi connectivity index (χ2v) is 3.26. The lowest BCUT2D eigenvalue weighted by Crippen LogP contribution is -2.59. The molecule has 1 aliphatic rings. The number of alkyl halides is 1. The standard InChI is InChI=1S/C9H12FNO4/c1-2-15-7(12)3-4-9(10)5-11(6-9)8(13)14/h3-4H,2,5-6H2,1H3,(H,13,14). The van der Waals surface area contributed by atoms with E-state index >= 15 is 0 Å². The van der Waals surface area contributed by atoms with E-state index in [4.69, 9.17) is 5.11 Å². The first kappa shape index (κ1) is 11.5. The lowest BCUT2D eigenvalue weighted by atomic mass is 9.96. The monoisotopic (exact) mass is 217 g/mol. The molecule has 1 aliphatic heterocycles. The van der Waals surface area contributed by atoms with Crippen molar-refractivity contribution in [2.24, 2.45) is 0 Å². The average molecular weight is 217 g/mol. The van der Waals surface area contributed by atoms with Gasteiger partial charge in [-0.05, 0) is 13.0 Å². The van der Waals surface area contributed by atoms with E-state index in [9.17, 15) is 14.0 Å². The molecular weight excluding hydrogens is 205 g/mol. The van der Waals surface area contributed by atoms with Gasteiger partial charge in [-0.1, -0.05) is 0 Å². The second kappa shape index (κ2) is 4.29. The Kier molecular flexibility index (Phi) is 3.28. The molecule has 0 atom stereocenters. The first-order chi connectivity index (χ1) is 6.97. The fourth-order valence-electron chi connectivity index (χ4n) is 1.24. The van der Waals surface area contributed by atoms with E-state index in [0.29, 0.717) is 0 Å². The molecule has 1 amide bonds. The van der Waals surface area contributed by atoms with Gasteiger partial charge in [-0.2, -0.15) is 0 Å². The minimum absolute atomic E-state index is 0.226. The number of hydrogen-bond acceptors (Lipinski definition) is 3. The molecule has 0 unspecified atom stereocenters. The molecule has 6 heteroatoms. The van der Waals surface area contributed by atoms with Crippen LogP contribution in [0.3, 0.4) is 0 Å². The summed E-state index contributed by atoms with van der Waals surface area (Å²) in [5, 5.41) is 8.47. The van der Waals surface area contributed by atoms with Crippen molar-refractivity contribution >= 4 is 12.1 Å². The highest BCUT2D eigenvalue weighted by molar-refractivity contribution is 5.82. The molecule has 0 bridgehead atoms. The molecule has 15 heavy (non-hydrogen) atoms. The Labute approximate surface area is 86.1 Å². The zero-order valence-corrected chi connectivity index (χ0v) is 8.27. The van der Waals surface area contributed by atoms with Crippen LogP contribution < -0.4 is 0 Å². The molecule has 0 aromatic heterocycles. The molecule has 0 spiro atoms. The van der Waals surface area contributed by atoms with Crippen LogP contribution in [0, 0.1) is 0 Å². The summed E-state index contributed by atoms with van der Waals surface area (Å²) < 4.78 is 18.1. The third-order valence-electron chi connectivity index (χ3n) is 1.98. The molecule has 0 radical (unpaired) electrons. The quantitative estimate of drug-likeness (QED) is 0.561. The lowest BCUT2D eigenvalue weighted by Gasteiger charge is -2.40. The van der Waals surface area contributed by atoms with Crippen LogP contribution in [0.5, 0.6) is 0 Å². The topological polar surface area (TPSA) is 66.8 Å². The molecule has 0 saturated carbocycles. The van der Waals surface area contributed by atoms with Crippen LogP contribution in [0.15, 0.2) is 12.2 Å². The number of likely N-dealkylation sites (tertiary alicyclic amines) is 1. The smallest absolute Gasteiger partial charge is 0.407 e. The van der Waals surface area contributed by atoms with Crippen LogP contribution in [0.4, 0.5) is 9.18 Å². The summed E-state index contributed by atoms with van der Waals surface area (Å²) in [6.07, 6.45) is 0.875. The van der Waals surface area contributed by atoms with Crippen molar-refractivity contribution in [3.63, 3.8) is 0 Å². The highest BCUT2D eigenvalue weighted by atomic mass is 19.1. The van der Waals surface area contributed by atoms with E-state index in [1.54, 1.807) is 6.92 Å². The third-order valence-corrected chi connectivity index (χ3v) is 1.98. The molecule has 1 saturated heterocycles. The summed E-state index contributed by atoms with van der Waals surface area (Å²) in [6, 6.07) is 0. The van der Waals surface area contributed by atoms with Crippen molar-refractivity contribution < 1.29 is 23.8 Å². The number of esters is 1. The van der Waals surface area contributed by atoms with Gasteiger partial charge >= 0.3 is 12.1 Å². The second-order valence-electron chi connectivity index (χ2n) is 3.26. The maximum Gasteiger partial charge on any atom is 0.407 e. The van der Waals surface area contributed by atoms with Crippen LogP contribution in [0.1, 0.15) is 6.92 Å². The van der Waals surface area contributed by atoms with Crippen molar-refractivity contribution in [2.75, 3.05) is 19.7 Å². The number of nitrogens with zero attached hydrogens (tertiary/aromatic N) is 1. The van der Waals surface area contributed by atoms with Gasteiger partial charge in [-0.15, -0.1) is 0 Å². The van der Waals surface area contributed by atoms with Gasteiger partial charge in [0.05, 0.1) is 19.7 Å². The predicted octanol–water partition coefficient (Wildman–Crippen LogP) is 0.808. The Hall–Kier alpha value is -1.59. The maximum absolute atomic E-state index is 13.5. The SMILES string of the molecule is CCOC(=O)C=CC1(F)CN(C(=O)O)C1. The minimum Gasteiger partial charge on any atom is -0.465 e. The van der Waals surface area contributed by atoms with Gasteiger partial charge in [0.2, 0.25) is 0 Å². The Morgan fingerprint density at radius 2 is 2.20 bits per heavy atom. The molecule has 0 aromatic rings. The molecular formula is C9H12FNO4. The van der Waals surface area contributed by atoms with Gasteiger partial charge in [0.1, 0.15) is 0 Å². The zero-order valence-electron chi connectivity index (χ0n) is 8.27. The number of rotatable bonds is 3. The summed E-state index contributed by atoms with van der Waals surface area (Å²) in [5.41, 5.74) is -1.73. The van der Waals surface area contributed by atoms with Gasteiger partial charge in [0, 0.05) is 6.08 Å². The Morgan fingerprint density at radius 3 is 2.67 bits per heavy atom. The Balaban J connectivity index is 2.40. The zero-order chi connectivity index (χ0) is 11.5. The average Bonchev–Trinajstić information content (AvgIpc) is 2.10. The summed E-state index contributed by atoms with van der Waals surface area (Å²) in [6.45, 7) is 1.40. The summed E-state index contributed by atoms with van der Waals surface area (Å²) >= 11 is 0. The molecule has 5 nitrogen and oxygen atoms in total. The van der Waals surface area contributed by atoms with Crippen molar-refractivity contribution in [1.82, 2.24) is 4.90 Å². The number of ether oxygens (including phenoxy) is 1. The van der Waals surface area contributed by atoms with E-state index in [2.05, 4.69) is 4.74 Å². The predicted molar refractivity (Wildman–Crippen MR) is 49.2 cm³/mol. The number of halogens is 1. The summed E-state index contributed by atoms with van der Waals surface area (Å²) in [7, 11) is 0. The van der Waals surface area contributed by atoms with Gasteiger partial charge in [0.15, 0.2) is 5.67 Å². The van der Waals surface area contributed by atoms with Crippen molar-refractivity contribution in [3.8, 4) is 0 Å². The van der Waals surface area contributed by atoms with E-state index < -0.39 is 17.7 Å². The Morgan fingerprint density at radius 1 is 1.60 bits per heavy atom. The van der Waals surface area contributed by atoms with Gasteiger partial charge in [0.25, 0.3) is 0 Å². The van der Waals surface area contributed by atoms with Crippen LogP contribution in [-0.4, -0.2) is 47.4 Å². The number of carbonyl (C=O) groups is 2. The Bertz CT molecular complexity index is 296. The maximum atomic E-state index is 13.5. The lowest BCUT2D eigenvalue weighted by molar-refractivity contribution is -0.137. The van der Waals surface area contributed by atoms with Crippen molar-refractivity contribution in [2.45, 2.75) is 12.6 Å². The van der Waals surface area contributed by atoms with Crippen molar-refractivity contribution in [1.29, 1.82) is 0 Å². The normalized spacial score (nSPS) is 18.7. The molecule has 1 fully saturated rings. The van der Waals surface area contributed by atoms with E-state index in [1.165, 1.54) is 0 Å². The fraction of sp³-hybridized carbons (Fsp3) is 0.556. The van der Waals surface area contributed by atoms with Gasteiger partial charge in [-0.25, -0.2) is 14.0 Å². The number of amides is 1. The largest absolute Gasteiger partial charge is 0.465 e. The third kappa shape index (κ3) is 2.93. The minimum atomic E-state index is -1.73. The van der Waals surface area contributed by atoms with Gasteiger partial charge in [-0.3, -0.25) is 0 Å². The van der Waals surface area contributed by atoms with Crippen LogP contribution in [0.2, 0.25) is 0 Å². The molecule has 0 aliphatic carbocycles. The number of carboxylic acid groups (broad SMARTS) is 1. The van der Waals surface area contributed by atoms with Gasteiger partial charge < -0.3 is 14.7 Å². The van der Waals surface area contributed by atoms with E-state index in [1.807, 2.05) is 0 Å². The molecule has 84 valence electrons. The first-order valence-electron chi connectivity index (χ1n) is 4.49. The fourth-order valence-corrected chi connectivity index (χ4v) is 1.24. The highest BCUT2D eigenvalue weighted by Crippen LogP contribution is 2.26. The number of carbonyl (C=O) groups excluding carboxylic acids is 1. The molecule has 1 rings (SSSR count). The van der Waals surface area contributed by atoms with E-state index in [-0.39, 0.29) is 19.7 Å². The van der Waals surface area contributed by atoms with Crippen LogP contribution in [-0.2, 0) is 9.53 Å².